The first kappa shape index (κ1) is 11.0. The Labute approximate surface area is 105 Å². The number of nitrogens with one attached hydrogen (secondary N) is 1. The van der Waals surface area contributed by atoms with E-state index in [2.05, 4.69) is 15.4 Å². The van der Waals surface area contributed by atoms with Crippen molar-refractivity contribution in [1.29, 1.82) is 0 Å². The lowest BCUT2D eigenvalue weighted by molar-refractivity contribution is -0.116. The molecule has 0 radical (unpaired) electrons. The van der Waals surface area contributed by atoms with Crippen molar-refractivity contribution in [1.82, 2.24) is 14.8 Å². The van der Waals surface area contributed by atoms with Gasteiger partial charge in [0.1, 0.15) is 5.82 Å². The van der Waals surface area contributed by atoms with Gasteiger partial charge in [-0.3, -0.25) is 14.5 Å². The molecule has 0 aliphatic carbocycles. The molecule has 1 N–H and O–H groups in total. The van der Waals surface area contributed by atoms with Crippen molar-refractivity contribution in [3.8, 4) is 0 Å². The summed E-state index contributed by atoms with van der Waals surface area (Å²) < 4.78 is 1.72. The van der Waals surface area contributed by atoms with Crippen molar-refractivity contribution in [3.63, 3.8) is 0 Å². The number of hydrogen-bond donors (Lipinski definition) is 1. The van der Waals surface area contributed by atoms with E-state index in [1.54, 1.807) is 10.9 Å². The van der Waals surface area contributed by atoms with E-state index in [4.69, 9.17) is 0 Å². The predicted octanol–water partition coefficient (Wildman–Crippen LogP) is 1.60. The van der Waals surface area contributed by atoms with Gasteiger partial charge in [0.15, 0.2) is 0 Å². The molecule has 0 spiro atoms. The van der Waals surface area contributed by atoms with Crippen LogP contribution in [0.5, 0.6) is 0 Å². The van der Waals surface area contributed by atoms with E-state index in [0.717, 1.165) is 22.8 Å². The van der Waals surface area contributed by atoms with E-state index >= 15 is 0 Å². The highest BCUT2D eigenvalue weighted by Gasteiger charge is 2.31. The molecule has 2 aromatic rings. The summed E-state index contributed by atoms with van der Waals surface area (Å²) in [6.45, 7) is 1.96. The summed E-state index contributed by atoms with van der Waals surface area (Å²) >= 11 is 0. The summed E-state index contributed by atoms with van der Waals surface area (Å²) in [5, 5.41) is 7.26. The van der Waals surface area contributed by atoms with E-state index in [1.165, 1.54) is 0 Å². The topological polar surface area (TPSA) is 59.8 Å². The van der Waals surface area contributed by atoms with Crippen molar-refractivity contribution < 1.29 is 4.79 Å². The zero-order chi connectivity index (χ0) is 12.7. The van der Waals surface area contributed by atoms with Crippen LogP contribution < -0.4 is 5.32 Å². The van der Waals surface area contributed by atoms with Crippen LogP contribution in [0.3, 0.4) is 0 Å². The first-order chi connectivity index (χ1) is 8.66. The van der Waals surface area contributed by atoms with Crippen LogP contribution in [0.4, 0.5) is 5.82 Å². The number of anilines is 1. The third kappa shape index (κ3) is 1.59. The van der Waals surface area contributed by atoms with Gasteiger partial charge in [0, 0.05) is 36.8 Å². The summed E-state index contributed by atoms with van der Waals surface area (Å²) in [6.07, 6.45) is 2.18. The molecule has 92 valence electrons. The highest BCUT2D eigenvalue weighted by molar-refractivity contribution is 5.94. The average Bonchev–Trinajstić information content (AvgIpc) is 2.65. The van der Waals surface area contributed by atoms with Gasteiger partial charge >= 0.3 is 0 Å². The molecule has 1 aliphatic rings. The van der Waals surface area contributed by atoms with E-state index < -0.39 is 0 Å². The van der Waals surface area contributed by atoms with Crippen LogP contribution in [-0.4, -0.2) is 20.7 Å². The SMILES string of the molecule is Cc1nn(C)c2c1C(c1ccccn1)CC(=O)N2. The summed E-state index contributed by atoms with van der Waals surface area (Å²) in [7, 11) is 1.84. The van der Waals surface area contributed by atoms with Gasteiger partial charge in [-0.25, -0.2) is 0 Å². The molecule has 1 amide bonds. The smallest absolute Gasteiger partial charge is 0.226 e. The number of amides is 1. The normalized spacial score (nSPS) is 18.3. The van der Waals surface area contributed by atoms with Gasteiger partial charge in [-0.05, 0) is 19.1 Å². The second kappa shape index (κ2) is 3.94. The van der Waals surface area contributed by atoms with Crippen LogP contribution in [-0.2, 0) is 11.8 Å². The van der Waals surface area contributed by atoms with Gasteiger partial charge in [0.2, 0.25) is 5.91 Å². The minimum Gasteiger partial charge on any atom is -0.311 e. The highest BCUT2D eigenvalue weighted by atomic mass is 16.1. The molecule has 3 rings (SSSR count). The van der Waals surface area contributed by atoms with Crippen LogP contribution >= 0.6 is 0 Å². The van der Waals surface area contributed by atoms with Crippen molar-refractivity contribution in [2.75, 3.05) is 5.32 Å². The monoisotopic (exact) mass is 242 g/mol. The number of fused-ring (bicyclic) bond motifs is 1. The van der Waals surface area contributed by atoms with Crippen LogP contribution in [0, 0.1) is 6.92 Å². The maximum absolute atomic E-state index is 11.8. The number of aromatic nitrogens is 3. The van der Waals surface area contributed by atoms with Crippen LogP contribution in [0.25, 0.3) is 0 Å². The number of nitrogens with zero attached hydrogens (tertiary/aromatic N) is 3. The Morgan fingerprint density at radius 2 is 2.28 bits per heavy atom. The van der Waals surface area contributed by atoms with Gasteiger partial charge in [0.25, 0.3) is 0 Å². The van der Waals surface area contributed by atoms with Crippen molar-refractivity contribution in [3.05, 3.63) is 41.3 Å². The maximum Gasteiger partial charge on any atom is 0.226 e. The van der Waals surface area contributed by atoms with Crippen molar-refractivity contribution in [2.24, 2.45) is 7.05 Å². The predicted molar refractivity (Wildman–Crippen MR) is 67.3 cm³/mol. The van der Waals surface area contributed by atoms with Gasteiger partial charge < -0.3 is 5.32 Å². The second-order valence-electron chi connectivity index (χ2n) is 4.53. The number of aryl methyl sites for hydroxylation is 2. The molecule has 2 aromatic heterocycles. The molecule has 0 saturated heterocycles. The Morgan fingerprint density at radius 1 is 1.44 bits per heavy atom. The van der Waals surface area contributed by atoms with Crippen molar-refractivity contribution >= 4 is 11.7 Å². The lowest BCUT2D eigenvalue weighted by Gasteiger charge is -2.23. The second-order valence-corrected chi connectivity index (χ2v) is 4.53. The fourth-order valence-corrected chi connectivity index (χ4v) is 2.55. The Kier molecular flexibility index (Phi) is 2.40. The summed E-state index contributed by atoms with van der Waals surface area (Å²) in [5.74, 6) is 0.809. The van der Waals surface area contributed by atoms with E-state index in [1.807, 2.05) is 32.2 Å². The van der Waals surface area contributed by atoms with Gasteiger partial charge in [0.05, 0.1) is 5.69 Å². The zero-order valence-electron chi connectivity index (χ0n) is 10.3. The number of carbonyl (C=O) groups is 1. The summed E-state index contributed by atoms with van der Waals surface area (Å²) in [4.78, 5) is 16.2. The number of carbonyl (C=O) groups excluding carboxylic acids is 1. The number of pyridine rings is 1. The quantitative estimate of drug-likeness (QED) is 0.826. The third-order valence-electron chi connectivity index (χ3n) is 3.31. The Morgan fingerprint density at radius 3 is 3.00 bits per heavy atom. The molecule has 0 saturated carbocycles. The number of rotatable bonds is 1. The molecule has 0 aromatic carbocycles. The minimum atomic E-state index is 0.00338. The maximum atomic E-state index is 11.8. The lowest BCUT2D eigenvalue weighted by Crippen LogP contribution is -2.25. The van der Waals surface area contributed by atoms with Crippen LogP contribution in [0.15, 0.2) is 24.4 Å². The molecule has 5 heteroatoms. The molecule has 1 atom stereocenters. The molecule has 1 aliphatic heterocycles. The van der Waals surface area contributed by atoms with E-state index in [9.17, 15) is 4.79 Å². The number of hydrogen-bond acceptors (Lipinski definition) is 3. The molecule has 0 fully saturated rings. The third-order valence-corrected chi connectivity index (χ3v) is 3.31. The van der Waals surface area contributed by atoms with E-state index in [-0.39, 0.29) is 11.8 Å². The molecule has 5 nitrogen and oxygen atoms in total. The summed E-state index contributed by atoms with van der Waals surface area (Å²) in [6, 6.07) is 5.78. The minimum absolute atomic E-state index is 0.00338. The zero-order valence-corrected chi connectivity index (χ0v) is 10.3. The molecular formula is C13H14N4O. The van der Waals surface area contributed by atoms with Gasteiger partial charge in [-0.15, -0.1) is 0 Å². The highest BCUT2D eigenvalue weighted by Crippen LogP contribution is 2.37. The lowest BCUT2D eigenvalue weighted by atomic mass is 9.89. The van der Waals surface area contributed by atoms with Crippen LogP contribution in [0.2, 0.25) is 0 Å². The fraction of sp³-hybridized carbons (Fsp3) is 0.308. The van der Waals surface area contributed by atoms with E-state index in [0.29, 0.717) is 6.42 Å². The first-order valence-electron chi connectivity index (χ1n) is 5.91. The van der Waals surface area contributed by atoms with Gasteiger partial charge in [-0.1, -0.05) is 6.07 Å². The molecular weight excluding hydrogens is 228 g/mol. The summed E-state index contributed by atoms with van der Waals surface area (Å²) in [5.41, 5.74) is 2.95. The van der Waals surface area contributed by atoms with Gasteiger partial charge in [-0.2, -0.15) is 5.10 Å². The molecule has 0 bridgehead atoms. The standard InChI is InChI=1S/C13H14N4O/c1-8-12-9(10-5-3-4-6-14-10)7-11(18)15-13(12)17(2)16-8/h3-6,9H,7H2,1-2H3,(H,15,18). The van der Waals surface area contributed by atoms with Crippen molar-refractivity contribution in [2.45, 2.75) is 19.3 Å². The Hall–Kier alpha value is -2.17. The average molecular weight is 242 g/mol. The first-order valence-corrected chi connectivity index (χ1v) is 5.91. The fourth-order valence-electron chi connectivity index (χ4n) is 2.55. The molecule has 1 unspecified atom stereocenters. The molecule has 18 heavy (non-hydrogen) atoms. The largest absolute Gasteiger partial charge is 0.311 e. The Balaban J connectivity index is 2.16. The molecule has 3 heterocycles. The van der Waals surface area contributed by atoms with Crippen LogP contribution in [0.1, 0.15) is 29.3 Å². The Bertz CT molecular complexity index is 603.